The van der Waals surface area contributed by atoms with Gasteiger partial charge < -0.3 is 4.74 Å². The number of para-hydroxylation sites is 2. The van der Waals surface area contributed by atoms with Crippen molar-refractivity contribution in [3.05, 3.63) is 59.5 Å². The van der Waals surface area contributed by atoms with Gasteiger partial charge in [0.15, 0.2) is 11.5 Å². The molecule has 0 unspecified atom stereocenters. The van der Waals surface area contributed by atoms with Crippen molar-refractivity contribution in [1.29, 1.82) is 0 Å². The number of halogens is 6. The van der Waals surface area contributed by atoms with Crippen LogP contribution in [-0.2, 0) is 10.9 Å². The summed E-state index contributed by atoms with van der Waals surface area (Å²) in [5.74, 6) is 2.00. The predicted molar refractivity (Wildman–Crippen MR) is 99.1 cm³/mol. The minimum atomic E-state index is -10.7. The van der Waals surface area contributed by atoms with Crippen LogP contribution in [0.1, 0.15) is 26.7 Å². The summed E-state index contributed by atoms with van der Waals surface area (Å²) < 4.78 is 65.2. The Hall–Kier alpha value is -1.66. The average molecular weight is 428 g/mol. The summed E-state index contributed by atoms with van der Waals surface area (Å²) >= 11 is 0. The molecule has 0 spiro atoms. The first-order chi connectivity index (χ1) is 12.3. The Morgan fingerprint density at radius 3 is 1.70 bits per heavy atom. The van der Waals surface area contributed by atoms with Gasteiger partial charge in [0.05, 0.1) is 0 Å². The molecular weight excluding hydrogens is 409 g/mol. The van der Waals surface area contributed by atoms with E-state index >= 15 is 0 Å². The van der Waals surface area contributed by atoms with Crippen molar-refractivity contribution in [1.82, 2.24) is 0 Å². The quantitative estimate of drug-likeness (QED) is 0.269. The zero-order valence-corrected chi connectivity index (χ0v) is 16.4. The molecule has 0 aliphatic carbocycles. The zero-order valence-electron chi connectivity index (χ0n) is 14.6. The number of fused-ring (bicyclic) bond motifs is 2. The van der Waals surface area contributed by atoms with E-state index in [4.69, 9.17) is 4.74 Å². The molecule has 0 amide bonds. The first-order valence-corrected chi connectivity index (χ1v) is 11.3. The molecule has 3 rings (SSSR count). The Labute approximate surface area is 156 Å². The Bertz CT molecular complexity index is 792. The Balaban J connectivity index is 0.000000321. The summed E-state index contributed by atoms with van der Waals surface area (Å²) in [6.45, 7) is 4.47. The third-order valence-corrected chi connectivity index (χ3v) is 5.77. The van der Waals surface area contributed by atoms with Crippen molar-refractivity contribution in [2.75, 3.05) is 0 Å². The molecule has 2 aromatic carbocycles. The SMILES string of the molecule is CCC/C=C(/C)[S+]1c2ccccc2Oc2ccccc21.F[P-](F)(F)(F)(F)F. The molecule has 9 heteroatoms. The molecule has 2 aromatic rings. The van der Waals surface area contributed by atoms with Crippen molar-refractivity contribution >= 4 is 18.7 Å². The molecule has 0 saturated heterocycles. The van der Waals surface area contributed by atoms with Crippen LogP contribution in [0.3, 0.4) is 0 Å². The van der Waals surface area contributed by atoms with E-state index in [0.29, 0.717) is 0 Å². The molecule has 0 atom stereocenters. The van der Waals surface area contributed by atoms with E-state index in [-0.39, 0.29) is 10.9 Å². The van der Waals surface area contributed by atoms with Crippen molar-refractivity contribution in [3.8, 4) is 11.5 Å². The number of rotatable bonds is 3. The number of unbranched alkanes of at least 4 members (excludes halogenated alkanes) is 1. The van der Waals surface area contributed by atoms with Gasteiger partial charge in [-0.3, -0.25) is 0 Å². The fourth-order valence-electron chi connectivity index (χ4n) is 2.42. The molecule has 0 radical (unpaired) electrons. The summed E-state index contributed by atoms with van der Waals surface area (Å²) in [7, 11) is -10.7. The Morgan fingerprint density at radius 2 is 1.30 bits per heavy atom. The van der Waals surface area contributed by atoms with Crippen LogP contribution >= 0.6 is 7.81 Å². The van der Waals surface area contributed by atoms with Gasteiger partial charge >= 0.3 is 33.0 Å². The fraction of sp³-hybridized carbons (Fsp3) is 0.222. The Morgan fingerprint density at radius 1 is 0.889 bits per heavy atom. The number of hydrogen-bond acceptors (Lipinski definition) is 1. The third kappa shape index (κ3) is 7.46. The van der Waals surface area contributed by atoms with E-state index in [0.717, 1.165) is 17.9 Å². The normalized spacial score (nSPS) is 16.7. The van der Waals surface area contributed by atoms with E-state index in [1.165, 1.54) is 21.1 Å². The number of benzene rings is 2. The van der Waals surface area contributed by atoms with Crippen molar-refractivity contribution in [2.45, 2.75) is 36.5 Å². The number of allylic oxidation sites excluding steroid dienone is 2. The van der Waals surface area contributed by atoms with Gasteiger partial charge in [-0.2, -0.15) is 0 Å². The molecule has 27 heavy (non-hydrogen) atoms. The van der Waals surface area contributed by atoms with Crippen LogP contribution in [0.4, 0.5) is 25.2 Å². The van der Waals surface area contributed by atoms with Gasteiger partial charge in [-0.05, 0) is 36.8 Å². The summed E-state index contributed by atoms with van der Waals surface area (Å²) in [5, 5.41) is 0. The molecular formula is C18H19F6OPS. The van der Waals surface area contributed by atoms with Crippen molar-refractivity contribution in [2.24, 2.45) is 0 Å². The molecule has 1 heterocycles. The second-order valence-electron chi connectivity index (χ2n) is 5.86. The topological polar surface area (TPSA) is 9.23 Å². The summed E-state index contributed by atoms with van der Waals surface area (Å²) in [6.07, 6.45) is 4.71. The van der Waals surface area contributed by atoms with Gasteiger partial charge in [-0.25, -0.2) is 0 Å². The maximum atomic E-state index is 9.87. The molecule has 1 aliphatic heterocycles. The molecule has 0 bridgehead atoms. The summed E-state index contributed by atoms with van der Waals surface area (Å²) in [4.78, 5) is 4.04. The molecule has 0 N–H and O–H groups in total. The third-order valence-electron chi connectivity index (χ3n) is 3.40. The van der Waals surface area contributed by atoms with Crippen LogP contribution < -0.4 is 4.74 Å². The monoisotopic (exact) mass is 428 g/mol. The van der Waals surface area contributed by atoms with Crippen LogP contribution in [0.15, 0.2) is 69.3 Å². The first kappa shape index (κ1) is 21.6. The number of hydrogen-bond donors (Lipinski definition) is 0. The van der Waals surface area contributed by atoms with Crippen molar-refractivity contribution in [3.63, 3.8) is 0 Å². The molecule has 0 aromatic heterocycles. The van der Waals surface area contributed by atoms with Gasteiger partial charge in [-0.1, -0.05) is 37.6 Å². The van der Waals surface area contributed by atoms with Crippen LogP contribution in [-0.4, -0.2) is 0 Å². The second kappa shape index (κ2) is 7.06. The summed E-state index contributed by atoms with van der Waals surface area (Å²) in [5.41, 5.74) is 0. The number of ether oxygens (including phenoxy) is 1. The van der Waals surface area contributed by atoms with Gasteiger partial charge in [0, 0.05) is 6.92 Å². The Kier molecular flexibility index (Phi) is 5.66. The summed E-state index contributed by atoms with van der Waals surface area (Å²) in [6, 6.07) is 16.8. The van der Waals surface area contributed by atoms with Crippen LogP contribution in [0.25, 0.3) is 0 Å². The fourth-order valence-corrected chi connectivity index (χ4v) is 4.69. The standard InChI is InChI=1S/C18H19OS.F6P/c1-3-4-9-14(2)20-17-12-7-5-10-15(17)19-16-11-6-8-13-18(16)20;1-7(2,3,4,5)6/h5-13H,3-4H2,1-2H3;/q+1;-1/b14-9-;. The average Bonchev–Trinajstić information content (AvgIpc) is 2.54. The minimum absolute atomic E-state index is 0.00466. The van der Waals surface area contributed by atoms with Crippen molar-refractivity contribution < 1.29 is 29.9 Å². The first-order valence-electron chi connectivity index (χ1n) is 8.09. The second-order valence-corrected chi connectivity index (χ2v) is 9.92. The van der Waals surface area contributed by atoms with Gasteiger partial charge in [0.1, 0.15) is 15.8 Å². The van der Waals surface area contributed by atoms with Gasteiger partial charge in [0.2, 0.25) is 9.79 Å². The van der Waals surface area contributed by atoms with Crippen LogP contribution in [0, 0.1) is 0 Å². The van der Waals surface area contributed by atoms with Crippen LogP contribution in [0.5, 0.6) is 11.5 Å². The van der Waals surface area contributed by atoms with Gasteiger partial charge in [-0.15, -0.1) is 0 Å². The molecule has 0 saturated carbocycles. The van der Waals surface area contributed by atoms with E-state index in [2.05, 4.69) is 56.3 Å². The molecule has 1 nitrogen and oxygen atoms in total. The van der Waals surface area contributed by atoms with E-state index in [9.17, 15) is 25.2 Å². The predicted octanol–water partition coefficient (Wildman–Crippen LogP) is 8.91. The van der Waals surface area contributed by atoms with E-state index < -0.39 is 7.81 Å². The van der Waals surface area contributed by atoms with E-state index in [1.54, 1.807) is 0 Å². The van der Waals surface area contributed by atoms with Crippen LogP contribution in [0.2, 0.25) is 0 Å². The molecule has 150 valence electrons. The zero-order chi connectivity index (χ0) is 20.4. The van der Waals surface area contributed by atoms with Gasteiger partial charge in [0.25, 0.3) is 0 Å². The maximum absolute atomic E-state index is 10.7. The molecule has 1 aliphatic rings. The molecule has 0 fully saturated rings. The van der Waals surface area contributed by atoms with E-state index in [1.807, 2.05) is 12.1 Å².